The van der Waals surface area contributed by atoms with E-state index in [2.05, 4.69) is 0 Å². The molecule has 94 valence electrons. The number of aromatic hydroxyl groups is 1. The van der Waals surface area contributed by atoms with E-state index in [1.165, 1.54) is 24.3 Å². The standard InChI is InChI=1S/C11H12ClF2NO2/c12-5-6-15(7-10(13)14)11(17)8-1-3-9(16)4-2-8/h1-4,10,16H,5-7H2. The molecule has 1 aromatic rings. The number of alkyl halides is 3. The molecule has 0 saturated heterocycles. The molecule has 3 nitrogen and oxygen atoms in total. The predicted octanol–water partition coefficient (Wildman–Crippen LogP) is 2.34. The second-order valence-electron chi connectivity index (χ2n) is 3.38. The number of phenolic OH excluding ortho intramolecular Hbond substituents is 1. The lowest BCUT2D eigenvalue weighted by Crippen LogP contribution is -2.36. The highest BCUT2D eigenvalue weighted by Gasteiger charge is 2.19. The van der Waals surface area contributed by atoms with Crippen LogP contribution in [0.1, 0.15) is 10.4 Å². The summed E-state index contributed by atoms with van der Waals surface area (Å²) >= 11 is 5.46. The lowest BCUT2D eigenvalue weighted by atomic mass is 10.2. The van der Waals surface area contributed by atoms with Gasteiger partial charge in [-0.05, 0) is 24.3 Å². The Balaban J connectivity index is 2.79. The van der Waals surface area contributed by atoms with Gasteiger partial charge in [-0.2, -0.15) is 0 Å². The zero-order valence-electron chi connectivity index (χ0n) is 8.94. The fourth-order valence-corrected chi connectivity index (χ4v) is 1.53. The molecule has 17 heavy (non-hydrogen) atoms. The van der Waals surface area contributed by atoms with E-state index < -0.39 is 18.9 Å². The summed E-state index contributed by atoms with van der Waals surface area (Å²) < 4.78 is 24.5. The zero-order valence-corrected chi connectivity index (χ0v) is 9.70. The highest BCUT2D eigenvalue weighted by atomic mass is 35.5. The molecule has 0 aliphatic heterocycles. The highest BCUT2D eigenvalue weighted by molar-refractivity contribution is 6.18. The van der Waals surface area contributed by atoms with Gasteiger partial charge in [-0.15, -0.1) is 11.6 Å². The average molecular weight is 264 g/mol. The van der Waals surface area contributed by atoms with Crippen LogP contribution in [0.3, 0.4) is 0 Å². The zero-order chi connectivity index (χ0) is 12.8. The Labute approximate surface area is 103 Å². The predicted molar refractivity (Wildman–Crippen MR) is 60.7 cm³/mol. The van der Waals surface area contributed by atoms with Gasteiger partial charge >= 0.3 is 0 Å². The minimum absolute atomic E-state index is 0.0132. The van der Waals surface area contributed by atoms with E-state index >= 15 is 0 Å². The molecule has 1 rings (SSSR count). The number of nitrogens with zero attached hydrogens (tertiary/aromatic N) is 1. The molecule has 1 amide bonds. The van der Waals surface area contributed by atoms with Crippen molar-refractivity contribution in [3.05, 3.63) is 29.8 Å². The molecule has 0 bridgehead atoms. The maximum Gasteiger partial charge on any atom is 0.255 e. The number of carbonyl (C=O) groups is 1. The average Bonchev–Trinajstić information content (AvgIpc) is 2.28. The summed E-state index contributed by atoms with van der Waals surface area (Å²) in [5, 5.41) is 9.06. The summed E-state index contributed by atoms with van der Waals surface area (Å²) in [5.41, 5.74) is 0.244. The molecule has 6 heteroatoms. The number of amides is 1. The van der Waals surface area contributed by atoms with E-state index in [9.17, 15) is 13.6 Å². The van der Waals surface area contributed by atoms with Gasteiger partial charge in [0, 0.05) is 18.0 Å². The molecule has 0 spiro atoms. The van der Waals surface area contributed by atoms with Crippen molar-refractivity contribution in [3.8, 4) is 5.75 Å². The van der Waals surface area contributed by atoms with Crippen LogP contribution in [-0.2, 0) is 0 Å². The topological polar surface area (TPSA) is 40.5 Å². The maximum atomic E-state index is 12.3. The van der Waals surface area contributed by atoms with Crippen LogP contribution in [0.25, 0.3) is 0 Å². The molecule has 0 unspecified atom stereocenters. The smallest absolute Gasteiger partial charge is 0.255 e. The van der Waals surface area contributed by atoms with Crippen LogP contribution in [0.2, 0.25) is 0 Å². The lowest BCUT2D eigenvalue weighted by Gasteiger charge is -2.21. The van der Waals surface area contributed by atoms with E-state index in [0.29, 0.717) is 0 Å². The van der Waals surface area contributed by atoms with Crippen molar-refractivity contribution in [2.75, 3.05) is 19.0 Å². The quantitative estimate of drug-likeness (QED) is 0.829. The van der Waals surface area contributed by atoms with Crippen LogP contribution in [0.5, 0.6) is 5.75 Å². The number of benzene rings is 1. The molecule has 0 saturated carbocycles. The van der Waals surface area contributed by atoms with Crippen molar-refractivity contribution >= 4 is 17.5 Å². The minimum atomic E-state index is -2.60. The van der Waals surface area contributed by atoms with Gasteiger partial charge in [0.1, 0.15) is 5.75 Å². The van der Waals surface area contributed by atoms with Crippen molar-refractivity contribution in [1.29, 1.82) is 0 Å². The molecule has 0 aromatic heterocycles. The fourth-order valence-electron chi connectivity index (χ4n) is 1.33. The van der Waals surface area contributed by atoms with Crippen LogP contribution < -0.4 is 0 Å². The summed E-state index contributed by atoms with van der Waals surface area (Å²) in [4.78, 5) is 12.8. The molecule has 0 aliphatic rings. The Bertz CT molecular complexity index is 370. The van der Waals surface area contributed by atoms with Gasteiger partial charge in [0.25, 0.3) is 12.3 Å². The van der Waals surface area contributed by atoms with Gasteiger partial charge in [-0.25, -0.2) is 8.78 Å². The van der Waals surface area contributed by atoms with Gasteiger partial charge in [-0.3, -0.25) is 4.79 Å². The number of halogens is 3. The molecule has 1 aromatic carbocycles. The second kappa shape index (κ2) is 6.39. The molecular formula is C11H12ClF2NO2. The minimum Gasteiger partial charge on any atom is -0.508 e. The van der Waals surface area contributed by atoms with Crippen molar-refractivity contribution in [1.82, 2.24) is 4.90 Å². The normalized spacial score (nSPS) is 10.6. The van der Waals surface area contributed by atoms with Crippen LogP contribution in [-0.4, -0.2) is 41.3 Å². The summed E-state index contributed by atoms with van der Waals surface area (Å²) in [5.74, 6) is -0.415. The van der Waals surface area contributed by atoms with Crippen LogP contribution >= 0.6 is 11.6 Å². The Kier molecular flexibility index (Phi) is 5.15. The third-order valence-electron chi connectivity index (χ3n) is 2.11. The maximum absolute atomic E-state index is 12.3. The summed E-state index contributed by atoms with van der Waals surface area (Å²) in [7, 11) is 0. The van der Waals surface area contributed by atoms with Crippen LogP contribution in [0.15, 0.2) is 24.3 Å². The molecular weight excluding hydrogens is 252 g/mol. The first-order valence-corrected chi connectivity index (χ1v) is 5.50. The van der Waals surface area contributed by atoms with E-state index in [1.54, 1.807) is 0 Å². The van der Waals surface area contributed by atoms with Gasteiger partial charge in [-0.1, -0.05) is 0 Å². The van der Waals surface area contributed by atoms with Gasteiger partial charge in [0.15, 0.2) is 0 Å². The third-order valence-corrected chi connectivity index (χ3v) is 2.28. The van der Waals surface area contributed by atoms with E-state index in [-0.39, 0.29) is 23.7 Å². The van der Waals surface area contributed by atoms with Crippen molar-refractivity contribution < 1.29 is 18.7 Å². The first-order chi connectivity index (χ1) is 8.04. The molecule has 0 radical (unpaired) electrons. The first kappa shape index (κ1) is 13.7. The largest absolute Gasteiger partial charge is 0.508 e. The molecule has 0 heterocycles. The highest BCUT2D eigenvalue weighted by Crippen LogP contribution is 2.12. The number of carbonyl (C=O) groups excluding carboxylic acids is 1. The summed E-state index contributed by atoms with van der Waals surface area (Å²) in [6.07, 6.45) is -2.60. The van der Waals surface area contributed by atoms with Crippen molar-refractivity contribution in [2.45, 2.75) is 6.43 Å². The first-order valence-electron chi connectivity index (χ1n) is 4.97. The van der Waals surface area contributed by atoms with Gasteiger partial charge < -0.3 is 10.0 Å². The number of phenols is 1. The third kappa shape index (κ3) is 4.19. The monoisotopic (exact) mass is 263 g/mol. The van der Waals surface area contributed by atoms with E-state index in [0.717, 1.165) is 4.90 Å². The molecule has 0 aliphatic carbocycles. The SMILES string of the molecule is O=C(c1ccc(O)cc1)N(CCCl)CC(F)F. The molecule has 0 atom stereocenters. The Morgan fingerprint density at radius 3 is 2.41 bits per heavy atom. The van der Waals surface area contributed by atoms with E-state index in [1.807, 2.05) is 0 Å². The fraction of sp³-hybridized carbons (Fsp3) is 0.364. The summed E-state index contributed by atoms with van der Waals surface area (Å²) in [6, 6.07) is 5.41. The number of rotatable bonds is 5. The molecule has 0 fully saturated rings. The number of hydrogen-bond donors (Lipinski definition) is 1. The Morgan fingerprint density at radius 1 is 1.35 bits per heavy atom. The van der Waals surface area contributed by atoms with Crippen molar-refractivity contribution in [2.24, 2.45) is 0 Å². The summed E-state index contributed by atoms with van der Waals surface area (Å²) in [6.45, 7) is -0.585. The van der Waals surface area contributed by atoms with Crippen LogP contribution in [0.4, 0.5) is 8.78 Å². The van der Waals surface area contributed by atoms with E-state index in [4.69, 9.17) is 16.7 Å². The second-order valence-corrected chi connectivity index (χ2v) is 3.76. The number of hydrogen-bond acceptors (Lipinski definition) is 2. The van der Waals surface area contributed by atoms with Crippen molar-refractivity contribution in [3.63, 3.8) is 0 Å². The Hall–Kier alpha value is -1.36. The van der Waals surface area contributed by atoms with Gasteiger partial charge in [0.05, 0.1) is 6.54 Å². The van der Waals surface area contributed by atoms with Gasteiger partial charge in [0.2, 0.25) is 0 Å². The Morgan fingerprint density at radius 2 is 1.94 bits per heavy atom. The van der Waals surface area contributed by atoms with Crippen LogP contribution in [0, 0.1) is 0 Å². The lowest BCUT2D eigenvalue weighted by molar-refractivity contribution is 0.0571. The molecule has 1 N–H and O–H groups in total.